The minimum atomic E-state index is -2.97. The molecule has 0 aliphatic carbocycles. The molecule has 4 nitrogen and oxygen atoms in total. The molecular weight excluding hydrogens is 225 g/mol. The molecule has 1 N–H and O–H groups in total. The van der Waals surface area contributed by atoms with Crippen LogP contribution in [0.5, 0.6) is 0 Å². The molecule has 1 heterocycles. The van der Waals surface area contributed by atoms with E-state index in [0.29, 0.717) is 0 Å². The number of aromatic nitrogens is 2. The Labute approximate surface area is 86.9 Å². The average Bonchev–Trinajstić information content (AvgIpc) is 2.56. The molecule has 1 aromatic heterocycles. The van der Waals surface area contributed by atoms with Gasteiger partial charge in [0.2, 0.25) is 0 Å². The van der Waals surface area contributed by atoms with E-state index in [1.165, 1.54) is 0 Å². The van der Waals surface area contributed by atoms with E-state index < -0.39 is 24.0 Å². The third-order valence-corrected chi connectivity index (χ3v) is 2.06. The Morgan fingerprint density at radius 2 is 2.12 bits per heavy atom. The highest BCUT2D eigenvalue weighted by atomic mass is 19.3. The molecule has 0 spiro atoms. The van der Waals surface area contributed by atoms with E-state index in [1.807, 2.05) is 0 Å². The van der Waals surface area contributed by atoms with Gasteiger partial charge in [0.15, 0.2) is 5.69 Å². The fourth-order valence-corrected chi connectivity index (χ4v) is 1.42. The smallest absolute Gasteiger partial charge is 0.357 e. The topological polar surface area (TPSA) is 55.1 Å². The van der Waals surface area contributed by atoms with Gasteiger partial charge in [0, 0.05) is 5.39 Å². The summed E-state index contributed by atoms with van der Waals surface area (Å²) in [5, 5.41) is 11.8. The summed E-state index contributed by atoms with van der Waals surface area (Å²) in [4.78, 5) is 10.7. The lowest BCUT2D eigenvalue weighted by molar-refractivity contribution is 0.0585. The second-order valence-electron chi connectivity index (χ2n) is 3.04. The van der Waals surface area contributed by atoms with Crippen LogP contribution in [0.1, 0.15) is 17.0 Å². The van der Waals surface area contributed by atoms with Crippen LogP contribution in [-0.4, -0.2) is 20.9 Å². The maximum atomic E-state index is 12.9. The van der Waals surface area contributed by atoms with Crippen LogP contribution < -0.4 is 0 Å². The van der Waals surface area contributed by atoms with Crippen LogP contribution in [0.15, 0.2) is 18.2 Å². The Hall–Kier alpha value is -2.05. The van der Waals surface area contributed by atoms with Gasteiger partial charge in [0.1, 0.15) is 5.82 Å². The normalized spacial score (nSPS) is 11.2. The van der Waals surface area contributed by atoms with Crippen molar-refractivity contribution in [3.05, 3.63) is 29.7 Å². The quantitative estimate of drug-likeness (QED) is 0.860. The predicted octanol–water partition coefficient (Wildman–Crippen LogP) is 2.27. The van der Waals surface area contributed by atoms with Gasteiger partial charge >= 0.3 is 12.5 Å². The van der Waals surface area contributed by atoms with E-state index in [-0.39, 0.29) is 15.6 Å². The lowest BCUT2D eigenvalue weighted by atomic mass is 10.2. The van der Waals surface area contributed by atoms with Gasteiger partial charge in [-0.1, -0.05) is 0 Å². The summed E-state index contributed by atoms with van der Waals surface area (Å²) < 4.78 is 38.1. The number of hydrogen-bond acceptors (Lipinski definition) is 2. The summed E-state index contributed by atoms with van der Waals surface area (Å²) in [6.45, 7) is -2.97. The number of aromatic carboxylic acids is 1. The summed E-state index contributed by atoms with van der Waals surface area (Å²) in [6, 6.07) is 2.90. The van der Waals surface area contributed by atoms with Crippen molar-refractivity contribution < 1.29 is 23.1 Å². The number of hydrogen-bond donors (Lipinski definition) is 1. The first-order valence-corrected chi connectivity index (χ1v) is 4.20. The molecule has 0 aliphatic heterocycles. The lowest BCUT2D eigenvalue weighted by Crippen LogP contribution is -2.03. The molecule has 0 unspecified atom stereocenters. The van der Waals surface area contributed by atoms with Crippen LogP contribution in [0.2, 0.25) is 0 Å². The summed E-state index contributed by atoms with van der Waals surface area (Å²) in [5.41, 5.74) is -0.705. The van der Waals surface area contributed by atoms with E-state index in [4.69, 9.17) is 5.11 Å². The van der Waals surface area contributed by atoms with Crippen LogP contribution in [0.3, 0.4) is 0 Å². The Morgan fingerprint density at radius 3 is 2.69 bits per heavy atom. The summed E-state index contributed by atoms with van der Waals surface area (Å²) >= 11 is 0. The number of carboxylic acids is 1. The number of alkyl halides is 2. The maximum Gasteiger partial charge on any atom is 0.357 e. The van der Waals surface area contributed by atoms with Crippen molar-refractivity contribution in [3.63, 3.8) is 0 Å². The van der Waals surface area contributed by atoms with Gasteiger partial charge in [-0.05, 0) is 18.2 Å². The highest BCUT2D eigenvalue weighted by molar-refractivity contribution is 6.01. The summed E-state index contributed by atoms with van der Waals surface area (Å²) in [5.74, 6) is -2.18. The molecular formula is C9H5F3N2O2. The average molecular weight is 230 g/mol. The maximum absolute atomic E-state index is 12.9. The van der Waals surface area contributed by atoms with Crippen molar-refractivity contribution in [2.24, 2.45) is 0 Å². The third kappa shape index (κ3) is 1.50. The van der Waals surface area contributed by atoms with Crippen molar-refractivity contribution in [3.8, 4) is 0 Å². The molecule has 1 aromatic carbocycles. The molecule has 0 bridgehead atoms. The molecule has 7 heteroatoms. The zero-order valence-corrected chi connectivity index (χ0v) is 7.69. The van der Waals surface area contributed by atoms with Crippen LogP contribution in [0, 0.1) is 5.82 Å². The van der Waals surface area contributed by atoms with Crippen molar-refractivity contribution >= 4 is 16.9 Å². The van der Waals surface area contributed by atoms with E-state index >= 15 is 0 Å². The van der Waals surface area contributed by atoms with Crippen LogP contribution in [-0.2, 0) is 0 Å². The molecule has 0 aliphatic rings. The highest BCUT2D eigenvalue weighted by Gasteiger charge is 2.20. The minimum Gasteiger partial charge on any atom is -0.476 e. The van der Waals surface area contributed by atoms with Crippen LogP contribution in [0.25, 0.3) is 10.9 Å². The molecule has 0 amide bonds. The molecule has 0 saturated heterocycles. The van der Waals surface area contributed by atoms with Crippen molar-refractivity contribution in [1.82, 2.24) is 9.78 Å². The summed E-state index contributed by atoms with van der Waals surface area (Å²) in [6.07, 6.45) is 0. The number of nitrogens with zero attached hydrogens (tertiary/aromatic N) is 2. The first kappa shape index (κ1) is 10.5. The Morgan fingerprint density at radius 1 is 1.44 bits per heavy atom. The van der Waals surface area contributed by atoms with E-state index in [0.717, 1.165) is 18.2 Å². The molecule has 0 radical (unpaired) electrons. The largest absolute Gasteiger partial charge is 0.476 e. The van der Waals surface area contributed by atoms with E-state index in [2.05, 4.69) is 5.10 Å². The second-order valence-corrected chi connectivity index (χ2v) is 3.04. The van der Waals surface area contributed by atoms with Crippen molar-refractivity contribution in [2.75, 3.05) is 0 Å². The number of carboxylic acid groups (broad SMARTS) is 1. The van der Waals surface area contributed by atoms with Crippen LogP contribution in [0.4, 0.5) is 13.2 Å². The fraction of sp³-hybridized carbons (Fsp3) is 0.111. The molecule has 2 aromatic rings. The molecule has 0 fully saturated rings. The lowest BCUT2D eigenvalue weighted by Gasteiger charge is -1.99. The van der Waals surface area contributed by atoms with Gasteiger partial charge in [0.25, 0.3) is 0 Å². The number of rotatable bonds is 2. The van der Waals surface area contributed by atoms with Gasteiger partial charge in [-0.2, -0.15) is 13.9 Å². The molecule has 2 rings (SSSR count). The van der Waals surface area contributed by atoms with Crippen molar-refractivity contribution in [2.45, 2.75) is 6.55 Å². The third-order valence-electron chi connectivity index (χ3n) is 2.06. The highest BCUT2D eigenvalue weighted by Crippen LogP contribution is 2.24. The number of carbonyl (C=O) groups is 1. The van der Waals surface area contributed by atoms with E-state index in [9.17, 15) is 18.0 Å². The first-order valence-electron chi connectivity index (χ1n) is 4.20. The second kappa shape index (κ2) is 3.51. The van der Waals surface area contributed by atoms with Gasteiger partial charge < -0.3 is 5.11 Å². The van der Waals surface area contributed by atoms with Crippen LogP contribution >= 0.6 is 0 Å². The van der Waals surface area contributed by atoms with E-state index in [1.54, 1.807) is 0 Å². The van der Waals surface area contributed by atoms with Gasteiger partial charge in [-0.3, -0.25) is 0 Å². The summed E-state index contributed by atoms with van der Waals surface area (Å²) in [7, 11) is 0. The Balaban J connectivity index is 2.81. The van der Waals surface area contributed by atoms with Gasteiger partial charge in [-0.25, -0.2) is 13.9 Å². The number of benzene rings is 1. The SMILES string of the molecule is O=C(O)c1nn(C(F)F)c2ccc(F)cc12. The molecule has 16 heavy (non-hydrogen) atoms. The van der Waals surface area contributed by atoms with Gasteiger partial charge in [0.05, 0.1) is 5.52 Å². The standard InChI is InChI=1S/C9H5F3N2O2/c10-4-1-2-6-5(3-4)7(8(15)16)13-14(6)9(11)12/h1-3,9H,(H,15,16). The fourth-order valence-electron chi connectivity index (χ4n) is 1.42. The minimum absolute atomic E-state index is 0.117. The predicted molar refractivity (Wildman–Crippen MR) is 47.9 cm³/mol. The first-order chi connectivity index (χ1) is 7.50. The number of fused-ring (bicyclic) bond motifs is 1. The number of halogens is 3. The Kier molecular flexibility index (Phi) is 2.30. The monoisotopic (exact) mass is 230 g/mol. The van der Waals surface area contributed by atoms with Crippen molar-refractivity contribution in [1.29, 1.82) is 0 Å². The molecule has 0 saturated carbocycles. The zero-order chi connectivity index (χ0) is 11.9. The zero-order valence-electron chi connectivity index (χ0n) is 7.69. The molecule has 0 atom stereocenters. The molecule has 84 valence electrons. The Bertz CT molecular complexity index is 565. The van der Waals surface area contributed by atoms with Gasteiger partial charge in [-0.15, -0.1) is 0 Å².